The predicted octanol–water partition coefficient (Wildman–Crippen LogP) is -0.377. The van der Waals surface area contributed by atoms with Gasteiger partial charge in [0.05, 0.1) is 18.8 Å². The van der Waals surface area contributed by atoms with Crippen molar-refractivity contribution in [2.24, 2.45) is 5.73 Å². The number of nitrogens with zero attached hydrogens (tertiary/aromatic N) is 1. The molecule has 2 aliphatic heterocycles. The molecule has 6 heteroatoms. The summed E-state index contributed by atoms with van der Waals surface area (Å²) in [6.07, 6.45) is 4.22. The van der Waals surface area contributed by atoms with Gasteiger partial charge in [-0.1, -0.05) is 6.42 Å². The summed E-state index contributed by atoms with van der Waals surface area (Å²) >= 11 is 0. The average Bonchev–Trinajstić information content (AvgIpc) is 2.35. The van der Waals surface area contributed by atoms with E-state index in [-0.39, 0.29) is 18.2 Å². The van der Waals surface area contributed by atoms with Crippen LogP contribution in [0, 0.1) is 0 Å². The normalized spacial score (nSPS) is 22.6. The number of hydrogen-bond donors (Lipinski definition) is 2. The molecule has 0 saturated carbocycles. The Bertz CT molecular complexity index is 336. The molecule has 0 aromatic carbocycles. The van der Waals surface area contributed by atoms with E-state index < -0.39 is 5.54 Å². The number of carbonyl (C=O) groups is 2. The lowest BCUT2D eigenvalue weighted by atomic mass is 9.94. The molecule has 0 aromatic heterocycles. The number of rotatable bonds is 5. The molecule has 3 N–H and O–H groups in total. The van der Waals surface area contributed by atoms with E-state index in [0.29, 0.717) is 19.6 Å². The highest BCUT2D eigenvalue weighted by Gasteiger charge is 2.36. The number of amides is 2. The van der Waals surface area contributed by atoms with Gasteiger partial charge in [0.1, 0.15) is 0 Å². The lowest BCUT2D eigenvalue weighted by Crippen LogP contribution is -2.59. The molecular weight excluding hydrogens is 246 g/mol. The van der Waals surface area contributed by atoms with Crippen molar-refractivity contribution in [1.29, 1.82) is 0 Å². The standard InChI is InChI=1S/C13H23N3O3/c14-13(9-19-10-13)8-12(18)15-11(17)4-7-16-5-2-1-3-6-16/h1-10,14H2,(H,15,17,18). The topological polar surface area (TPSA) is 84.7 Å². The smallest absolute Gasteiger partial charge is 0.228 e. The Morgan fingerprint density at radius 3 is 2.42 bits per heavy atom. The van der Waals surface area contributed by atoms with Gasteiger partial charge < -0.3 is 15.4 Å². The van der Waals surface area contributed by atoms with E-state index in [4.69, 9.17) is 10.5 Å². The third kappa shape index (κ3) is 4.56. The SMILES string of the molecule is NC1(CC(=O)NC(=O)CCN2CCCCC2)COC1. The minimum Gasteiger partial charge on any atom is -0.377 e. The van der Waals surface area contributed by atoms with Crippen LogP contribution >= 0.6 is 0 Å². The fourth-order valence-electron chi connectivity index (χ4n) is 2.49. The Morgan fingerprint density at radius 1 is 1.16 bits per heavy atom. The average molecular weight is 269 g/mol. The molecule has 2 rings (SSSR count). The zero-order valence-corrected chi connectivity index (χ0v) is 11.3. The zero-order valence-electron chi connectivity index (χ0n) is 11.3. The van der Waals surface area contributed by atoms with E-state index in [2.05, 4.69) is 10.2 Å². The second-order valence-corrected chi connectivity index (χ2v) is 5.66. The van der Waals surface area contributed by atoms with Crippen molar-refractivity contribution in [1.82, 2.24) is 10.2 Å². The Balaban J connectivity index is 1.61. The van der Waals surface area contributed by atoms with Gasteiger partial charge in [0.25, 0.3) is 0 Å². The highest BCUT2D eigenvalue weighted by atomic mass is 16.5. The lowest BCUT2D eigenvalue weighted by Gasteiger charge is -2.36. The molecule has 2 aliphatic rings. The highest BCUT2D eigenvalue weighted by molar-refractivity contribution is 5.95. The van der Waals surface area contributed by atoms with Gasteiger partial charge in [-0.25, -0.2) is 0 Å². The van der Waals surface area contributed by atoms with Crippen LogP contribution in [0.2, 0.25) is 0 Å². The second-order valence-electron chi connectivity index (χ2n) is 5.66. The number of likely N-dealkylation sites (tertiary alicyclic amines) is 1. The van der Waals surface area contributed by atoms with Crippen molar-refractivity contribution in [2.45, 2.75) is 37.6 Å². The van der Waals surface area contributed by atoms with E-state index in [9.17, 15) is 9.59 Å². The number of nitrogens with two attached hydrogens (primary N) is 1. The number of hydrogen-bond acceptors (Lipinski definition) is 5. The third-order valence-corrected chi connectivity index (χ3v) is 3.67. The lowest BCUT2D eigenvalue weighted by molar-refractivity contribution is -0.134. The van der Waals surface area contributed by atoms with Crippen LogP contribution < -0.4 is 11.1 Å². The van der Waals surface area contributed by atoms with E-state index in [1.54, 1.807) is 0 Å². The molecule has 0 unspecified atom stereocenters. The molecule has 19 heavy (non-hydrogen) atoms. The zero-order chi connectivity index (χ0) is 13.7. The van der Waals surface area contributed by atoms with Gasteiger partial charge in [0, 0.05) is 19.4 Å². The Labute approximate surface area is 113 Å². The summed E-state index contributed by atoms with van der Waals surface area (Å²) in [5, 5.41) is 2.40. The summed E-state index contributed by atoms with van der Waals surface area (Å²) in [7, 11) is 0. The number of ether oxygens (including phenoxy) is 1. The number of nitrogens with one attached hydrogen (secondary N) is 1. The fourth-order valence-corrected chi connectivity index (χ4v) is 2.49. The van der Waals surface area contributed by atoms with Gasteiger partial charge in [-0.3, -0.25) is 14.9 Å². The molecule has 2 amide bonds. The maximum atomic E-state index is 11.7. The largest absolute Gasteiger partial charge is 0.377 e. The second kappa shape index (κ2) is 6.45. The molecule has 0 bridgehead atoms. The van der Waals surface area contributed by atoms with Gasteiger partial charge in [-0.15, -0.1) is 0 Å². The summed E-state index contributed by atoms with van der Waals surface area (Å²) in [4.78, 5) is 25.6. The molecule has 108 valence electrons. The van der Waals surface area contributed by atoms with E-state index in [0.717, 1.165) is 19.6 Å². The first kappa shape index (κ1) is 14.4. The first-order chi connectivity index (χ1) is 9.07. The van der Waals surface area contributed by atoms with Crippen LogP contribution in [0.15, 0.2) is 0 Å². The minimum absolute atomic E-state index is 0.155. The van der Waals surface area contributed by atoms with Crippen molar-refractivity contribution in [3.05, 3.63) is 0 Å². The van der Waals surface area contributed by atoms with Crippen molar-refractivity contribution >= 4 is 11.8 Å². The third-order valence-electron chi connectivity index (χ3n) is 3.67. The van der Waals surface area contributed by atoms with Crippen molar-refractivity contribution < 1.29 is 14.3 Å². The fraction of sp³-hybridized carbons (Fsp3) is 0.846. The van der Waals surface area contributed by atoms with Crippen LogP contribution in [-0.4, -0.2) is 55.1 Å². The highest BCUT2D eigenvalue weighted by Crippen LogP contribution is 2.17. The summed E-state index contributed by atoms with van der Waals surface area (Å²) in [6, 6.07) is 0. The summed E-state index contributed by atoms with van der Waals surface area (Å²) in [5.74, 6) is -0.506. The van der Waals surface area contributed by atoms with Crippen molar-refractivity contribution in [2.75, 3.05) is 32.8 Å². The minimum atomic E-state index is -0.572. The number of piperidine rings is 1. The van der Waals surface area contributed by atoms with E-state index in [1.165, 1.54) is 19.3 Å². The molecule has 0 radical (unpaired) electrons. The molecular formula is C13H23N3O3. The Morgan fingerprint density at radius 2 is 1.84 bits per heavy atom. The summed E-state index contributed by atoms with van der Waals surface area (Å²) in [5.41, 5.74) is 5.29. The van der Waals surface area contributed by atoms with E-state index in [1.807, 2.05) is 0 Å². The van der Waals surface area contributed by atoms with Gasteiger partial charge in [0.2, 0.25) is 11.8 Å². The number of carbonyl (C=O) groups excluding carboxylic acids is 2. The van der Waals surface area contributed by atoms with E-state index >= 15 is 0 Å². The first-order valence-corrected chi connectivity index (χ1v) is 6.99. The number of imide groups is 1. The molecule has 2 saturated heterocycles. The van der Waals surface area contributed by atoms with Crippen LogP contribution in [0.3, 0.4) is 0 Å². The Kier molecular flexibility index (Phi) is 4.90. The quantitative estimate of drug-likeness (QED) is 0.711. The monoisotopic (exact) mass is 269 g/mol. The van der Waals surface area contributed by atoms with Crippen molar-refractivity contribution in [3.63, 3.8) is 0 Å². The molecule has 2 heterocycles. The van der Waals surface area contributed by atoms with Crippen LogP contribution in [0.1, 0.15) is 32.1 Å². The molecule has 0 atom stereocenters. The van der Waals surface area contributed by atoms with Gasteiger partial charge in [-0.2, -0.15) is 0 Å². The van der Waals surface area contributed by atoms with Gasteiger partial charge in [-0.05, 0) is 25.9 Å². The van der Waals surface area contributed by atoms with Gasteiger partial charge >= 0.3 is 0 Å². The van der Waals surface area contributed by atoms with Crippen LogP contribution in [-0.2, 0) is 14.3 Å². The van der Waals surface area contributed by atoms with Gasteiger partial charge in [0.15, 0.2) is 0 Å². The summed E-state index contributed by atoms with van der Waals surface area (Å²) < 4.78 is 4.97. The van der Waals surface area contributed by atoms with Crippen molar-refractivity contribution in [3.8, 4) is 0 Å². The van der Waals surface area contributed by atoms with Crippen LogP contribution in [0.4, 0.5) is 0 Å². The molecule has 2 fully saturated rings. The molecule has 0 aliphatic carbocycles. The Hall–Kier alpha value is -0.980. The predicted molar refractivity (Wildman–Crippen MR) is 70.4 cm³/mol. The van der Waals surface area contributed by atoms with Crippen LogP contribution in [0.5, 0.6) is 0 Å². The first-order valence-electron chi connectivity index (χ1n) is 6.99. The van der Waals surface area contributed by atoms with Crippen LogP contribution in [0.25, 0.3) is 0 Å². The maximum Gasteiger partial charge on any atom is 0.228 e. The molecule has 0 spiro atoms. The maximum absolute atomic E-state index is 11.7. The molecule has 0 aromatic rings. The molecule has 6 nitrogen and oxygen atoms in total. The summed E-state index contributed by atoms with van der Waals surface area (Å²) in [6.45, 7) is 3.63.